The van der Waals surface area contributed by atoms with Crippen molar-refractivity contribution < 1.29 is 14.4 Å². The molecule has 0 saturated heterocycles. The Hall–Kier alpha value is -2.95. The second-order valence-electron chi connectivity index (χ2n) is 6.95. The Kier molecular flexibility index (Phi) is 4.64. The third kappa shape index (κ3) is 3.52. The van der Waals surface area contributed by atoms with Gasteiger partial charge in [0.1, 0.15) is 5.41 Å². The largest absolute Gasteiger partial charge is 0.325 e. The van der Waals surface area contributed by atoms with Crippen molar-refractivity contribution in [2.24, 2.45) is 5.41 Å². The minimum atomic E-state index is -1.04. The van der Waals surface area contributed by atoms with Gasteiger partial charge in [-0.25, -0.2) is 0 Å². The number of carbonyl (C=O) groups excluding carboxylic acids is 3. The van der Waals surface area contributed by atoms with Gasteiger partial charge in [0.05, 0.1) is 0 Å². The number of ketones is 1. The van der Waals surface area contributed by atoms with Gasteiger partial charge in [-0.2, -0.15) is 0 Å². The predicted molar refractivity (Wildman–Crippen MR) is 101 cm³/mol. The van der Waals surface area contributed by atoms with Crippen LogP contribution in [-0.2, 0) is 9.59 Å². The normalized spacial score (nSPS) is 14.4. The molecule has 0 bridgehead atoms. The molecular weight excluding hydrogens is 328 g/mol. The van der Waals surface area contributed by atoms with Crippen LogP contribution in [0.1, 0.15) is 41.3 Å². The lowest BCUT2D eigenvalue weighted by Crippen LogP contribution is -2.35. The van der Waals surface area contributed by atoms with Crippen molar-refractivity contribution in [1.82, 2.24) is 0 Å². The highest BCUT2D eigenvalue weighted by molar-refractivity contribution is 6.17. The van der Waals surface area contributed by atoms with E-state index in [9.17, 15) is 14.4 Å². The van der Waals surface area contributed by atoms with E-state index in [4.69, 9.17) is 0 Å². The number of benzene rings is 2. The molecule has 5 heteroatoms. The number of hydrogen-bond donors (Lipinski definition) is 2. The Bertz CT molecular complexity index is 898. The molecule has 0 atom stereocenters. The molecule has 1 fully saturated rings. The molecule has 2 aromatic rings. The van der Waals surface area contributed by atoms with Crippen LogP contribution in [0, 0.1) is 19.3 Å². The zero-order valence-electron chi connectivity index (χ0n) is 15.2. The Balaban J connectivity index is 1.74. The SMILES string of the molecule is CC(=O)c1cccc(NC(=O)C2(C(=O)Nc3cc(C)ccc3C)CC2)c1. The van der Waals surface area contributed by atoms with Gasteiger partial charge in [-0.3, -0.25) is 14.4 Å². The fourth-order valence-corrected chi connectivity index (χ4v) is 2.86. The molecule has 0 radical (unpaired) electrons. The molecular formula is C21H22N2O3. The van der Waals surface area contributed by atoms with Crippen molar-refractivity contribution in [2.45, 2.75) is 33.6 Å². The van der Waals surface area contributed by atoms with Crippen molar-refractivity contribution in [1.29, 1.82) is 0 Å². The number of aryl methyl sites for hydroxylation is 2. The van der Waals surface area contributed by atoms with E-state index in [1.807, 2.05) is 32.0 Å². The van der Waals surface area contributed by atoms with Gasteiger partial charge in [-0.1, -0.05) is 24.3 Å². The van der Waals surface area contributed by atoms with Crippen LogP contribution < -0.4 is 10.6 Å². The zero-order valence-corrected chi connectivity index (χ0v) is 15.2. The van der Waals surface area contributed by atoms with Crippen molar-refractivity contribution >= 4 is 29.0 Å². The number of rotatable bonds is 5. The molecule has 26 heavy (non-hydrogen) atoms. The first-order valence-electron chi connectivity index (χ1n) is 8.63. The lowest BCUT2D eigenvalue weighted by molar-refractivity contribution is -0.131. The minimum Gasteiger partial charge on any atom is -0.325 e. The van der Waals surface area contributed by atoms with E-state index in [1.54, 1.807) is 24.3 Å². The smallest absolute Gasteiger partial charge is 0.240 e. The van der Waals surface area contributed by atoms with Crippen molar-refractivity contribution in [2.75, 3.05) is 10.6 Å². The first-order chi connectivity index (χ1) is 12.3. The molecule has 2 aromatic carbocycles. The Morgan fingerprint density at radius 1 is 0.923 bits per heavy atom. The van der Waals surface area contributed by atoms with E-state index in [0.29, 0.717) is 24.1 Å². The van der Waals surface area contributed by atoms with E-state index in [-0.39, 0.29) is 17.6 Å². The minimum absolute atomic E-state index is 0.0742. The van der Waals surface area contributed by atoms with E-state index < -0.39 is 5.41 Å². The van der Waals surface area contributed by atoms with Gasteiger partial charge in [0.15, 0.2) is 5.78 Å². The van der Waals surface area contributed by atoms with Gasteiger partial charge in [-0.05, 0) is 62.9 Å². The molecule has 5 nitrogen and oxygen atoms in total. The van der Waals surface area contributed by atoms with Gasteiger partial charge >= 0.3 is 0 Å². The number of carbonyl (C=O) groups is 3. The van der Waals surface area contributed by atoms with Crippen molar-refractivity contribution in [3.8, 4) is 0 Å². The molecule has 0 spiro atoms. The summed E-state index contributed by atoms with van der Waals surface area (Å²) < 4.78 is 0. The maximum atomic E-state index is 12.7. The number of nitrogens with one attached hydrogen (secondary N) is 2. The monoisotopic (exact) mass is 350 g/mol. The molecule has 0 unspecified atom stereocenters. The fraction of sp³-hybridized carbons (Fsp3) is 0.286. The third-order valence-electron chi connectivity index (χ3n) is 4.79. The van der Waals surface area contributed by atoms with Crippen LogP contribution in [0.3, 0.4) is 0 Å². The number of Topliss-reactive ketones (excluding diaryl/α,β-unsaturated/α-hetero) is 1. The van der Waals surface area contributed by atoms with E-state index in [2.05, 4.69) is 10.6 Å². The van der Waals surface area contributed by atoms with Gasteiger partial charge < -0.3 is 10.6 Å². The summed E-state index contributed by atoms with van der Waals surface area (Å²) in [6.07, 6.45) is 1.03. The molecule has 3 rings (SSSR count). The van der Waals surface area contributed by atoms with Crippen LogP contribution in [-0.4, -0.2) is 17.6 Å². The fourth-order valence-electron chi connectivity index (χ4n) is 2.86. The predicted octanol–water partition coefficient (Wildman–Crippen LogP) is 3.86. The molecule has 1 aliphatic rings. The second-order valence-corrected chi connectivity index (χ2v) is 6.95. The molecule has 0 aliphatic heterocycles. The highest BCUT2D eigenvalue weighted by Gasteiger charge is 2.56. The molecule has 0 aromatic heterocycles. The van der Waals surface area contributed by atoms with Crippen LogP contribution in [0.5, 0.6) is 0 Å². The third-order valence-corrected chi connectivity index (χ3v) is 4.79. The topological polar surface area (TPSA) is 75.3 Å². The zero-order chi connectivity index (χ0) is 18.9. The average molecular weight is 350 g/mol. The maximum Gasteiger partial charge on any atom is 0.240 e. The van der Waals surface area contributed by atoms with Gasteiger partial charge in [-0.15, -0.1) is 0 Å². The summed E-state index contributed by atoms with van der Waals surface area (Å²) in [4.78, 5) is 36.9. The quantitative estimate of drug-likeness (QED) is 0.635. The summed E-state index contributed by atoms with van der Waals surface area (Å²) >= 11 is 0. The first-order valence-corrected chi connectivity index (χ1v) is 8.63. The summed E-state index contributed by atoms with van der Waals surface area (Å²) in [5.41, 5.74) is 2.73. The van der Waals surface area contributed by atoms with Crippen molar-refractivity contribution in [3.63, 3.8) is 0 Å². The summed E-state index contributed by atoms with van der Waals surface area (Å²) in [6.45, 7) is 5.35. The van der Waals surface area contributed by atoms with Crippen molar-refractivity contribution in [3.05, 3.63) is 59.2 Å². The Labute approximate surface area is 152 Å². The lowest BCUT2D eigenvalue weighted by atomic mass is 10.0. The van der Waals surface area contributed by atoms with Crippen LogP contribution in [0.25, 0.3) is 0 Å². The summed E-state index contributed by atoms with van der Waals surface area (Å²) in [5.74, 6) is -0.692. The second kappa shape index (κ2) is 6.75. The summed E-state index contributed by atoms with van der Waals surface area (Å²) in [7, 11) is 0. The standard InChI is InChI=1S/C21H22N2O3/c1-13-7-8-14(2)18(11-13)23-20(26)21(9-10-21)19(25)22-17-6-4-5-16(12-17)15(3)24/h4-8,11-12H,9-10H2,1-3H3,(H,22,25)(H,23,26). The van der Waals surface area contributed by atoms with Gasteiger partial charge in [0, 0.05) is 16.9 Å². The first kappa shape index (κ1) is 17.9. The van der Waals surface area contributed by atoms with E-state index >= 15 is 0 Å². The van der Waals surface area contributed by atoms with Gasteiger partial charge in [0.25, 0.3) is 0 Å². The van der Waals surface area contributed by atoms with Crippen LogP contribution in [0.15, 0.2) is 42.5 Å². The molecule has 2 amide bonds. The highest BCUT2D eigenvalue weighted by atomic mass is 16.2. The summed E-state index contributed by atoms with van der Waals surface area (Å²) in [5, 5.41) is 5.68. The van der Waals surface area contributed by atoms with E-state index in [1.165, 1.54) is 6.92 Å². The molecule has 2 N–H and O–H groups in total. The molecule has 1 saturated carbocycles. The summed E-state index contributed by atoms with van der Waals surface area (Å²) in [6, 6.07) is 12.6. The molecule has 1 aliphatic carbocycles. The molecule has 0 heterocycles. The number of hydrogen-bond acceptors (Lipinski definition) is 3. The Morgan fingerprint density at radius 2 is 1.62 bits per heavy atom. The number of anilines is 2. The van der Waals surface area contributed by atoms with E-state index in [0.717, 1.165) is 16.8 Å². The Morgan fingerprint density at radius 3 is 2.27 bits per heavy atom. The average Bonchev–Trinajstić information content (AvgIpc) is 3.40. The van der Waals surface area contributed by atoms with Crippen LogP contribution in [0.4, 0.5) is 11.4 Å². The molecule has 134 valence electrons. The van der Waals surface area contributed by atoms with Gasteiger partial charge in [0.2, 0.25) is 11.8 Å². The van der Waals surface area contributed by atoms with Crippen LogP contribution in [0.2, 0.25) is 0 Å². The van der Waals surface area contributed by atoms with Crippen LogP contribution >= 0.6 is 0 Å². The maximum absolute atomic E-state index is 12.7. The highest BCUT2D eigenvalue weighted by Crippen LogP contribution is 2.47. The lowest BCUT2D eigenvalue weighted by Gasteiger charge is -2.17. The number of amides is 2.